The molecule has 0 saturated heterocycles. The molecule has 0 fully saturated rings. The molecule has 5 heteroatoms. The Bertz CT molecular complexity index is 717. The molecule has 1 aliphatic heterocycles. The number of benzene rings is 2. The molecule has 2 atom stereocenters. The molecule has 5 nitrogen and oxygen atoms in total. The first-order valence-electron chi connectivity index (χ1n) is 8.08. The number of carbonyl (C=O) groups excluding carboxylic acids is 1. The van der Waals surface area contributed by atoms with E-state index in [1.165, 1.54) is 0 Å². The maximum Gasteiger partial charge on any atom is 0.226 e. The van der Waals surface area contributed by atoms with Gasteiger partial charge in [-0.2, -0.15) is 0 Å². The van der Waals surface area contributed by atoms with Crippen LogP contribution in [0.5, 0.6) is 11.5 Å². The highest BCUT2D eigenvalue weighted by Gasteiger charge is 2.25. The molecule has 0 aromatic heterocycles. The van der Waals surface area contributed by atoms with Gasteiger partial charge in [-0.25, -0.2) is 0 Å². The van der Waals surface area contributed by atoms with Crippen LogP contribution in [0.15, 0.2) is 48.5 Å². The van der Waals surface area contributed by atoms with Gasteiger partial charge in [0, 0.05) is 18.0 Å². The second kappa shape index (κ2) is 7.36. The van der Waals surface area contributed by atoms with E-state index >= 15 is 0 Å². The number of nitrogens with one attached hydrogen (secondary N) is 2. The van der Waals surface area contributed by atoms with E-state index in [0.717, 1.165) is 11.3 Å². The third-order valence-electron chi connectivity index (χ3n) is 4.06. The van der Waals surface area contributed by atoms with Crippen LogP contribution in [0.1, 0.15) is 24.9 Å². The van der Waals surface area contributed by atoms with Crippen LogP contribution in [0, 0.1) is 0 Å². The van der Waals surface area contributed by atoms with Gasteiger partial charge in [-0.1, -0.05) is 30.3 Å². The fraction of sp³-hybridized carbons (Fsp3) is 0.316. The van der Waals surface area contributed by atoms with Crippen LogP contribution in [0.2, 0.25) is 0 Å². The monoisotopic (exact) mass is 326 g/mol. The predicted octanol–water partition coefficient (Wildman–Crippen LogP) is 3.14. The van der Waals surface area contributed by atoms with Gasteiger partial charge in [-0.3, -0.25) is 4.79 Å². The van der Waals surface area contributed by atoms with E-state index in [0.29, 0.717) is 24.5 Å². The summed E-state index contributed by atoms with van der Waals surface area (Å²) in [6.45, 7) is 2.60. The number of amides is 1. The summed E-state index contributed by atoms with van der Waals surface area (Å²) in [5.41, 5.74) is 1.83. The fourth-order valence-electron chi connectivity index (χ4n) is 2.93. The Labute approximate surface area is 142 Å². The standard InChI is InChI=1S/C19H22N2O3/c1-13(20-16-12-24-17-9-5-3-7-14(16)17)11-19(22)21-15-8-4-6-10-18(15)23-2/h3-10,13,16,20H,11-12H2,1-2H3,(H,21,22)/t13-,16+/m1/s1. The van der Waals surface area contributed by atoms with Crippen LogP contribution >= 0.6 is 0 Å². The topological polar surface area (TPSA) is 59.6 Å². The lowest BCUT2D eigenvalue weighted by Gasteiger charge is -2.19. The van der Waals surface area contributed by atoms with E-state index in [1.807, 2.05) is 49.4 Å². The van der Waals surface area contributed by atoms with Gasteiger partial charge >= 0.3 is 0 Å². The Kier molecular flexibility index (Phi) is 5.01. The summed E-state index contributed by atoms with van der Waals surface area (Å²) in [6, 6.07) is 15.5. The molecule has 2 aromatic carbocycles. The molecule has 0 bridgehead atoms. The van der Waals surface area contributed by atoms with Crippen molar-refractivity contribution in [3.63, 3.8) is 0 Å². The first kappa shape index (κ1) is 16.3. The molecule has 0 aliphatic carbocycles. The van der Waals surface area contributed by atoms with Crippen LogP contribution < -0.4 is 20.1 Å². The Balaban J connectivity index is 1.55. The van der Waals surface area contributed by atoms with Crippen LogP contribution in [0.4, 0.5) is 5.69 Å². The summed E-state index contributed by atoms with van der Waals surface area (Å²) in [5.74, 6) is 1.52. The molecule has 0 spiro atoms. The van der Waals surface area contributed by atoms with E-state index < -0.39 is 0 Å². The van der Waals surface area contributed by atoms with E-state index in [4.69, 9.17) is 9.47 Å². The Morgan fingerprint density at radius 3 is 2.83 bits per heavy atom. The van der Waals surface area contributed by atoms with Gasteiger partial charge in [0.25, 0.3) is 0 Å². The number of rotatable bonds is 6. The molecule has 2 aromatic rings. The first-order chi connectivity index (χ1) is 11.7. The molecule has 126 valence electrons. The maximum absolute atomic E-state index is 12.3. The van der Waals surface area contributed by atoms with E-state index in [9.17, 15) is 4.79 Å². The van der Waals surface area contributed by atoms with Crippen molar-refractivity contribution < 1.29 is 14.3 Å². The molecule has 1 aliphatic rings. The van der Waals surface area contributed by atoms with Crippen molar-refractivity contribution in [3.8, 4) is 11.5 Å². The van der Waals surface area contributed by atoms with Gasteiger partial charge in [0.2, 0.25) is 5.91 Å². The molecule has 3 rings (SSSR count). The molecule has 0 saturated carbocycles. The van der Waals surface area contributed by atoms with Crippen molar-refractivity contribution in [1.82, 2.24) is 5.32 Å². The number of carbonyl (C=O) groups is 1. The Hall–Kier alpha value is -2.53. The SMILES string of the molecule is COc1ccccc1NC(=O)C[C@@H](C)N[C@H]1COc2ccccc21. The number of ether oxygens (including phenoxy) is 2. The number of hydrogen-bond donors (Lipinski definition) is 2. The Morgan fingerprint density at radius 2 is 2.00 bits per heavy atom. The van der Waals surface area contributed by atoms with Crippen LogP contribution in [0.25, 0.3) is 0 Å². The molecular formula is C19H22N2O3. The molecule has 0 unspecified atom stereocenters. The second-order valence-electron chi connectivity index (χ2n) is 5.92. The summed E-state index contributed by atoms with van der Waals surface area (Å²) in [4.78, 5) is 12.3. The molecule has 0 radical (unpaired) electrons. The fourth-order valence-corrected chi connectivity index (χ4v) is 2.93. The number of anilines is 1. The summed E-state index contributed by atoms with van der Waals surface area (Å²) >= 11 is 0. The lowest BCUT2D eigenvalue weighted by Crippen LogP contribution is -2.34. The third kappa shape index (κ3) is 3.68. The quantitative estimate of drug-likeness (QED) is 0.856. The van der Waals surface area contributed by atoms with Crippen molar-refractivity contribution in [2.24, 2.45) is 0 Å². The first-order valence-corrected chi connectivity index (χ1v) is 8.08. The van der Waals surface area contributed by atoms with Crippen molar-refractivity contribution in [2.45, 2.75) is 25.4 Å². The summed E-state index contributed by atoms with van der Waals surface area (Å²) in [6.07, 6.45) is 0.372. The van der Waals surface area contributed by atoms with Crippen LogP contribution in [0.3, 0.4) is 0 Å². The average molecular weight is 326 g/mol. The molecule has 24 heavy (non-hydrogen) atoms. The van der Waals surface area contributed by atoms with Crippen molar-refractivity contribution in [3.05, 3.63) is 54.1 Å². The smallest absolute Gasteiger partial charge is 0.226 e. The van der Waals surface area contributed by atoms with Gasteiger partial charge in [0.15, 0.2) is 0 Å². The highest BCUT2D eigenvalue weighted by Crippen LogP contribution is 2.32. The lowest BCUT2D eigenvalue weighted by molar-refractivity contribution is -0.116. The number of para-hydroxylation sites is 3. The minimum absolute atomic E-state index is 0.0273. The largest absolute Gasteiger partial charge is 0.495 e. The van der Waals surface area contributed by atoms with E-state index in [-0.39, 0.29) is 18.0 Å². The average Bonchev–Trinajstić information content (AvgIpc) is 2.98. The zero-order valence-electron chi connectivity index (χ0n) is 13.9. The van der Waals surface area contributed by atoms with E-state index in [2.05, 4.69) is 16.7 Å². The van der Waals surface area contributed by atoms with Gasteiger partial charge in [-0.15, -0.1) is 0 Å². The third-order valence-corrected chi connectivity index (χ3v) is 4.06. The highest BCUT2D eigenvalue weighted by atomic mass is 16.5. The Morgan fingerprint density at radius 1 is 1.25 bits per heavy atom. The second-order valence-corrected chi connectivity index (χ2v) is 5.92. The normalized spacial score (nSPS) is 16.8. The van der Waals surface area contributed by atoms with Crippen molar-refractivity contribution >= 4 is 11.6 Å². The molecular weight excluding hydrogens is 304 g/mol. The van der Waals surface area contributed by atoms with Crippen LogP contribution in [-0.4, -0.2) is 25.7 Å². The molecule has 1 amide bonds. The zero-order valence-corrected chi connectivity index (χ0v) is 13.9. The lowest BCUT2D eigenvalue weighted by atomic mass is 10.1. The number of methoxy groups -OCH3 is 1. The predicted molar refractivity (Wildman–Crippen MR) is 93.5 cm³/mol. The van der Waals surface area contributed by atoms with Gasteiger partial charge in [0.1, 0.15) is 18.1 Å². The maximum atomic E-state index is 12.3. The van der Waals surface area contributed by atoms with Gasteiger partial charge < -0.3 is 20.1 Å². The molecule has 2 N–H and O–H groups in total. The highest BCUT2D eigenvalue weighted by molar-refractivity contribution is 5.92. The number of fused-ring (bicyclic) bond motifs is 1. The number of hydrogen-bond acceptors (Lipinski definition) is 4. The molecule has 1 heterocycles. The van der Waals surface area contributed by atoms with Gasteiger partial charge in [0.05, 0.1) is 18.8 Å². The minimum Gasteiger partial charge on any atom is -0.495 e. The summed E-state index contributed by atoms with van der Waals surface area (Å²) in [7, 11) is 1.59. The van der Waals surface area contributed by atoms with E-state index in [1.54, 1.807) is 7.11 Å². The van der Waals surface area contributed by atoms with Crippen LogP contribution in [-0.2, 0) is 4.79 Å². The van der Waals surface area contributed by atoms with Crippen molar-refractivity contribution in [2.75, 3.05) is 19.0 Å². The minimum atomic E-state index is -0.0494. The van der Waals surface area contributed by atoms with Gasteiger partial charge in [-0.05, 0) is 25.1 Å². The summed E-state index contributed by atoms with van der Waals surface area (Å²) in [5, 5.41) is 6.36. The van der Waals surface area contributed by atoms with Crippen molar-refractivity contribution in [1.29, 1.82) is 0 Å². The zero-order chi connectivity index (χ0) is 16.9. The summed E-state index contributed by atoms with van der Waals surface area (Å²) < 4.78 is 10.9.